The highest BCUT2D eigenvalue weighted by Crippen LogP contribution is 2.21. The molecule has 0 aromatic heterocycles. The van der Waals surface area contributed by atoms with Crippen molar-refractivity contribution >= 4 is 5.57 Å². The van der Waals surface area contributed by atoms with Gasteiger partial charge >= 0.3 is 6.18 Å². The molecule has 0 bridgehead atoms. The zero-order chi connectivity index (χ0) is 16.9. The van der Waals surface area contributed by atoms with E-state index in [1.165, 1.54) is 16.0 Å². The molecule has 0 N–H and O–H groups in total. The molecule has 0 aliphatic carbocycles. The number of piperazine rings is 1. The minimum absolute atomic E-state index is 0.441. The third-order valence-electron chi connectivity index (χ3n) is 3.94. The predicted molar refractivity (Wildman–Crippen MR) is 88.2 cm³/mol. The molecule has 23 heavy (non-hydrogen) atoms. The predicted octanol–water partition coefficient (Wildman–Crippen LogP) is 3.91. The van der Waals surface area contributed by atoms with Gasteiger partial charge in [0.05, 0.1) is 6.54 Å². The van der Waals surface area contributed by atoms with E-state index in [1.807, 2.05) is 18.2 Å². The van der Waals surface area contributed by atoms with Gasteiger partial charge in [-0.15, -0.1) is 0 Å². The molecule has 128 valence electrons. The summed E-state index contributed by atoms with van der Waals surface area (Å²) in [5, 5.41) is 0. The molecule has 0 atom stereocenters. The quantitative estimate of drug-likeness (QED) is 0.809. The number of halogens is 3. The number of hydrogen-bond donors (Lipinski definition) is 0. The Morgan fingerprint density at radius 2 is 1.61 bits per heavy atom. The van der Waals surface area contributed by atoms with E-state index in [2.05, 4.69) is 37.0 Å². The van der Waals surface area contributed by atoms with Crippen LogP contribution in [0.1, 0.15) is 19.4 Å². The lowest BCUT2D eigenvalue weighted by molar-refractivity contribution is -0.149. The number of alkyl halides is 3. The van der Waals surface area contributed by atoms with E-state index in [1.54, 1.807) is 0 Å². The molecule has 0 saturated carbocycles. The Hall–Kier alpha value is -1.33. The molecule has 1 aromatic carbocycles. The fourth-order valence-corrected chi connectivity index (χ4v) is 2.89. The summed E-state index contributed by atoms with van der Waals surface area (Å²) in [6.45, 7) is 6.59. The molecule has 2 rings (SSSR count). The first-order valence-corrected chi connectivity index (χ1v) is 8.11. The molecule has 1 fully saturated rings. The topological polar surface area (TPSA) is 6.48 Å². The van der Waals surface area contributed by atoms with Gasteiger partial charge in [-0.1, -0.05) is 50.3 Å². The molecule has 5 heteroatoms. The Kier molecular flexibility index (Phi) is 6.25. The summed E-state index contributed by atoms with van der Waals surface area (Å²) in [6.07, 6.45) is -1.85. The van der Waals surface area contributed by atoms with Gasteiger partial charge in [0.2, 0.25) is 0 Å². The molecular weight excluding hydrogens is 301 g/mol. The zero-order valence-corrected chi connectivity index (χ0v) is 13.8. The second kappa shape index (κ2) is 7.97. The molecule has 2 nitrogen and oxygen atoms in total. The third-order valence-corrected chi connectivity index (χ3v) is 3.94. The van der Waals surface area contributed by atoms with E-state index >= 15 is 0 Å². The zero-order valence-electron chi connectivity index (χ0n) is 13.8. The van der Waals surface area contributed by atoms with Crippen molar-refractivity contribution in [3.8, 4) is 0 Å². The van der Waals surface area contributed by atoms with Crippen LogP contribution in [0.5, 0.6) is 0 Å². The van der Waals surface area contributed by atoms with Crippen LogP contribution in [-0.2, 0) is 0 Å². The summed E-state index contributed by atoms with van der Waals surface area (Å²) >= 11 is 0. The smallest absolute Gasteiger partial charge is 0.297 e. The van der Waals surface area contributed by atoms with Gasteiger partial charge in [-0.25, -0.2) is 0 Å². The number of nitrogens with zero attached hydrogens (tertiary/aromatic N) is 2. The molecule has 1 saturated heterocycles. The van der Waals surface area contributed by atoms with Crippen molar-refractivity contribution < 1.29 is 13.2 Å². The summed E-state index contributed by atoms with van der Waals surface area (Å²) < 4.78 is 37.3. The summed E-state index contributed by atoms with van der Waals surface area (Å²) in [7, 11) is 0. The van der Waals surface area contributed by atoms with Gasteiger partial charge in [0.15, 0.2) is 0 Å². The fraction of sp³-hybridized carbons (Fsp3) is 0.556. The van der Waals surface area contributed by atoms with E-state index in [9.17, 15) is 13.2 Å². The van der Waals surface area contributed by atoms with Gasteiger partial charge in [-0.3, -0.25) is 9.80 Å². The highest BCUT2D eigenvalue weighted by molar-refractivity contribution is 5.67. The van der Waals surface area contributed by atoms with Crippen LogP contribution in [0.2, 0.25) is 0 Å². The van der Waals surface area contributed by atoms with Crippen LogP contribution in [0.3, 0.4) is 0 Å². The Labute approximate surface area is 136 Å². The largest absolute Gasteiger partial charge is 0.401 e. The van der Waals surface area contributed by atoms with E-state index in [-0.39, 0.29) is 0 Å². The van der Waals surface area contributed by atoms with E-state index in [0.29, 0.717) is 32.1 Å². The van der Waals surface area contributed by atoms with Crippen LogP contribution in [0, 0.1) is 5.92 Å². The van der Waals surface area contributed by atoms with E-state index in [4.69, 9.17) is 0 Å². The Bertz CT molecular complexity index is 501. The van der Waals surface area contributed by atoms with Crippen LogP contribution in [0.15, 0.2) is 36.4 Å². The van der Waals surface area contributed by atoms with Crippen molar-refractivity contribution in [2.45, 2.75) is 20.0 Å². The van der Waals surface area contributed by atoms with E-state index < -0.39 is 12.7 Å². The van der Waals surface area contributed by atoms with Crippen molar-refractivity contribution in [1.29, 1.82) is 0 Å². The minimum Gasteiger partial charge on any atom is -0.297 e. The average molecular weight is 326 g/mol. The van der Waals surface area contributed by atoms with Crippen LogP contribution < -0.4 is 0 Å². The second-order valence-electron chi connectivity index (χ2n) is 6.47. The lowest BCUT2D eigenvalue weighted by atomic mass is 10.0. The monoisotopic (exact) mass is 326 g/mol. The van der Waals surface area contributed by atoms with Crippen molar-refractivity contribution in [3.63, 3.8) is 0 Å². The highest BCUT2D eigenvalue weighted by atomic mass is 19.4. The summed E-state index contributed by atoms with van der Waals surface area (Å²) in [5.41, 5.74) is 2.45. The lowest BCUT2D eigenvalue weighted by Gasteiger charge is -2.35. The van der Waals surface area contributed by atoms with E-state index in [0.717, 1.165) is 6.54 Å². The molecule has 0 unspecified atom stereocenters. The summed E-state index contributed by atoms with van der Waals surface area (Å²) in [4.78, 5) is 3.74. The number of rotatable bonds is 5. The maximum absolute atomic E-state index is 12.4. The Morgan fingerprint density at radius 3 is 2.13 bits per heavy atom. The molecule has 0 radical (unpaired) electrons. The fourth-order valence-electron chi connectivity index (χ4n) is 2.89. The van der Waals surface area contributed by atoms with Crippen molar-refractivity contribution in [3.05, 3.63) is 42.0 Å². The third kappa shape index (κ3) is 6.36. The summed E-state index contributed by atoms with van der Waals surface area (Å²) in [5.74, 6) is 0.441. The standard InChI is InChI=1S/C18H25F3N2/c1-15(2)12-17(16-6-4-3-5-7-16)13-22-8-10-23(11-9-22)14-18(19,20)21/h3-7,12,15H,8-11,13-14H2,1-2H3/b17-12+. The highest BCUT2D eigenvalue weighted by Gasteiger charge is 2.32. The molecule has 1 aromatic rings. The molecule has 1 aliphatic heterocycles. The molecule has 0 spiro atoms. The van der Waals surface area contributed by atoms with Gasteiger partial charge in [-0.2, -0.15) is 13.2 Å². The Balaban J connectivity index is 1.95. The van der Waals surface area contributed by atoms with Crippen LogP contribution in [0.4, 0.5) is 13.2 Å². The van der Waals surface area contributed by atoms with Gasteiger partial charge in [0.1, 0.15) is 0 Å². The summed E-state index contributed by atoms with van der Waals surface area (Å²) in [6, 6.07) is 10.2. The average Bonchev–Trinajstić information content (AvgIpc) is 2.47. The molecule has 0 amide bonds. The van der Waals surface area contributed by atoms with Crippen LogP contribution >= 0.6 is 0 Å². The van der Waals surface area contributed by atoms with Gasteiger partial charge < -0.3 is 0 Å². The molecular formula is C18H25F3N2. The van der Waals surface area contributed by atoms with Gasteiger partial charge in [0, 0.05) is 32.7 Å². The van der Waals surface area contributed by atoms with Crippen molar-refractivity contribution in [2.24, 2.45) is 5.92 Å². The molecule has 1 aliphatic rings. The minimum atomic E-state index is -4.10. The van der Waals surface area contributed by atoms with Crippen molar-refractivity contribution in [1.82, 2.24) is 9.80 Å². The maximum atomic E-state index is 12.4. The lowest BCUT2D eigenvalue weighted by Crippen LogP contribution is -2.49. The number of hydrogen-bond acceptors (Lipinski definition) is 2. The first-order valence-electron chi connectivity index (χ1n) is 8.11. The van der Waals surface area contributed by atoms with Crippen LogP contribution in [-0.4, -0.2) is 55.2 Å². The second-order valence-corrected chi connectivity index (χ2v) is 6.47. The normalized spacial score (nSPS) is 18.6. The number of benzene rings is 1. The SMILES string of the molecule is CC(C)/C=C(\CN1CCN(CC(F)(F)F)CC1)c1ccccc1. The first kappa shape index (κ1) is 18.0. The Morgan fingerprint density at radius 1 is 1.04 bits per heavy atom. The van der Waals surface area contributed by atoms with Gasteiger partial charge in [0.25, 0.3) is 0 Å². The molecule has 1 heterocycles. The van der Waals surface area contributed by atoms with Gasteiger partial charge in [-0.05, 0) is 17.1 Å². The first-order chi connectivity index (χ1) is 10.8. The van der Waals surface area contributed by atoms with Crippen LogP contribution in [0.25, 0.3) is 5.57 Å². The maximum Gasteiger partial charge on any atom is 0.401 e. The number of allylic oxidation sites excluding steroid dienone is 1. The van der Waals surface area contributed by atoms with Crippen molar-refractivity contribution in [2.75, 3.05) is 39.3 Å².